The van der Waals surface area contributed by atoms with Crippen LogP contribution in [0.25, 0.3) is 0 Å². The van der Waals surface area contributed by atoms with Gasteiger partial charge < -0.3 is 10.2 Å². The summed E-state index contributed by atoms with van der Waals surface area (Å²) in [6.45, 7) is 6.21. The quantitative estimate of drug-likeness (QED) is 0.922. The average molecular weight is 304 g/mol. The molecule has 0 radical (unpaired) electrons. The van der Waals surface area contributed by atoms with E-state index < -0.39 is 0 Å². The van der Waals surface area contributed by atoms with E-state index in [2.05, 4.69) is 28.4 Å². The summed E-state index contributed by atoms with van der Waals surface area (Å²) in [5.41, 5.74) is 1.27. The van der Waals surface area contributed by atoms with Gasteiger partial charge in [0, 0.05) is 38.7 Å². The standard InChI is InChI=1S/C17H28N4O/c1-13(14-4-3-6-18-9-14)8-17(22)21-7-5-15(12-21)16-10-19-20(2)11-16/h10-11,13-15,18H,3-9,12H2,1-2H3. The minimum absolute atomic E-state index is 0.337. The van der Waals surface area contributed by atoms with E-state index in [0.29, 0.717) is 30.1 Å². The number of likely N-dealkylation sites (tertiary alicyclic amines) is 1. The molecule has 1 amide bonds. The molecule has 3 heterocycles. The van der Waals surface area contributed by atoms with E-state index in [1.54, 1.807) is 0 Å². The fourth-order valence-corrected chi connectivity index (χ4v) is 3.85. The van der Waals surface area contributed by atoms with Crippen LogP contribution in [0.2, 0.25) is 0 Å². The Hall–Kier alpha value is -1.36. The van der Waals surface area contributed by atoms with Gasteiger partial charge in [-0.3, -0.25) is 9.48 Å². The highest BCUT2D eigenvalue weighted by atomic mass is 16.2. The number of piperidine rings is 1. The van der Waals surface area contributed by atoms with Gasteiger partial charge in [0.1, 0.15) is 0 Å². The second-order valence-electron chi connectivity index (χ2n) is 7.06. The largest absolute Gasteiger partial charge is 0.342 e. The van der Waals surface area contributed by atoms with Gasteiger partial charge >= 0.3 is 0 Å². The molecule has 2 aliphatic heterocycles. The number of nitrogens with one attached hydrogen (secondary N) is 1. The van der Waals surface area contributed by atoms with E-state index in [4.69, 9.17) is 0 Å². The topological polar surface area (TPSA) is 50.2 Å². The first kappa shape index (κ1) is 15.5. The smallest absolute Gasteiger partial charge is 0.222 e. The first-order chi connectivity index (χ1) is 10.6. The van der Waals surface area contributed by atoms with Crippen molar-refractivity contribution < 1.29 is 4.79 Å². The van der Waals surface area contributed by atoms with Crippen LogP contribution < -0.4 is 5.32 Å². The fourth-order valence-electron chi connectivity index (χ4n) is 3.85. The predicted molar refractivity (Wildman–Crippen MR) is 86.5 cm³/mol. The Labute approximate surface area is 133 Å². The summed E-state index contributed by atoms with van der Waals surface area (Å²) in [6.07, 6.45) is 8.29. The molecule has 0 bridgehead atoms. The molecule has 122 valence electrons. The molecule has 0 saturated carbocycles. The van der Waals surface area contributed by atoms with E-state index in [1.807, 2.05) is 17.9 Å². The number of rotatable bonds is 4. The molecule has 2 saturated heterocycles. The van der Waals surface area contributed by atoms with Crippen molar-refractivity contribution >= 4 is 5.91 Å². The molecule has 3 rings (SSSR count). The summed E-state index contributed by atoms with van der Waals surface area (Å²) in [5.74, 6) is 1.95. The van der Waals surface area contributed by atoms with E-state index in [-0.39, 0.29) is 0 Å². The van der Waals surface area contributed by atoms with Crippen LogP contribution in [0.15, 0.2) is 12.4 Å². The number of amides is 1. The summed E-state index contributed by atoms with van der Waals surface area (Å²) >= 11 is 0. The maximum Gasteiger partial charge on any atom is 0.222 e. The van der Waals surface area contributed by atoms with Crippen LogP contribution in [-0.4, -0.2) is 46.8 Å². The molecular formula is C17H28N4O. The minimum Gasteiger partial charge on any atom is -0.342 e. The third-order valence-corrected chi connectivity index (χ3v) is 5.37. The van der Waals surface area contributed by atoms with Gasteiger partial charge in [0.15, 0.2) is 0 Å². The lowest BCUT2D eigenvalue weighted by atomic mass is 9.85. The summed E-state index contributed by atoms with van der Waals surface area (Å²) in [6, 6.07) is 0. The number of aromatic nitrogens is 2. The van der Waals surface area contributed by atoms with Gasteiger partial charge in [-0.1, -0.05) is 6.92 Å². The first-order valence-electron chi connectivity index (χ1n) is 8.60. The van der Waals surface area contributed by atoms with Gasteiger partial charge in [-0.15, -0.1) is 0 Å². The van der Waals surface area contributed by atoms with Gasteiger partial charge in [-0.25, -0.2) is 0 Å². The van der Waals surface area contributed by atoms with E-state index in [1.165, 1.54) is 18.4 Å². The number of carbonyl (C=O) groups excluding carboxylic acids is 1. The van der Waals surface area contributed by atoms with Crippen molar-refractivity contribution in [3.05, 3.63) is 18.0 Å². The normalized spacial score (nSPS) is 27.1. The Morgan fingerprint density at radius 2 is 2.36 bits per heavy atom. The van der Waals surface area contributed by atoms with Crippen molar-refractivity contribution in [2.45, 2.75) is 38.5 Å². The molecule has 0 spiro atoms. The van der Waals surface area contributed by atoms with Crippen molar-refractivity contribution in [3.8, 4) is 0 Å². The van der Waals surface area contributed by atoms with Crippen LogP contribution >= 0.6 is 0 Å². The van der Waals surface area contributed by atoms with Gasteiger partial charge in [0.05, 0.1) is 6.20 Å². The van der Waals surface area contributed by atoms with E-state index in [9.17, 15) is 4.79 Å². The third-order valence-electron chi connectivity index (χ3n) is 5.37. The molecule has 1 aromatic heterocycles. The molecule has 1 aromatic rings. The van der Waals surface area contributed by atoms with E-state index >= 15 is 0 Å². The van der Waals surface area contributed by atoms with Gasteiger partial charge in [-0.2, -0.15) is 5.10 Å². The molecule has 3 atom stereocenters. The monoisotopic (exact) mass is 304 g/mol. The van der Waals surface area contributed by atoms with Crippen molar-refractivity contribution in [1.82, 2.24) is 20.0 Å². The van der Waals surface area contributed by atoms with Gasteiger partial charge in [0.25, 0.3) is 0 Å². The SMILES string of the molecule is CC(CC(=O)N1CCC(c2cnn(C)c2)C1)C1CCCNC1. The number of nitrogens with zero attached hydrogens (tertiary/aromatic N) is 3. The summed E-state index contributed by atoms with van der Waals surface area (Å²) in [4.78, 5) is 14.6. The van der Waals surface area contributed by atoms with Crippen LogP contribution in [0.4, 0.5) is 0 Å². The second kappa shape index (κ2) is 6.82. The third kappa shape index (κ3) is 3.51. The molecule has 5 heteroatoms. The fraction of sp³-hybridized carbons (Fsp3) is 0.765. The summed E-state index contributed by atoms with van der Waals surface area (Å²) in [5, 5.41) is 7.70. The first-order valence-corrected chi connectivity index (χ1v) is 8.60. The molecular weight excluding hydrogens is 276 g/mol. The Balaban J connectivity index is 1.50. The van der Waals surface area contributed by atoms with Crippen molar-refractivity contribution in [1.29, 1.82) is 0 Å². The number of hydrogen-bond donors (Lipinski definition) is 1. The number of hydrogen-bond acceptors (Lipinski definition) is 3. The Bertz CT molecular complexity index is 507. The molecule has 1 N–H and O–H groups in total. The van der Waals surface area contributed by atoms with Crippen molar-refractivity contribution in [2.75, 3.05) is 26.2 Å². The molecule has 5 nitrogen and oxygen atoms in total. The predicted octanol–water partition coefficient (Wildman–Crippen LogP) is 1.76. The molecule has 22 heavy (non-hydrogen) atoms. The highest BCUT2D eigenvalue weighted by Gasteiger charge is 2.30. The highest BCUT2D eigenvalue weighted by Crippen LogP contribution is 2.29. The van der Waals surface area contributed by atoms with Gasteiger partial charge in [-0.05, 0) is 49.8 Å². The van der Waals surface area contributed by atoms with Crippen molar-refractivity contribution in [3.63, 3.8) is 0 Å². The van der Waals surface area contributed by atoms with Crippen LogP contribution in [-0.2, 0) is 11.8 Å². The molecule has 2 aliphatic rings. The lowest BCUT2D eigenvalue weighted by Crippen LogP contribution is -2.36. The Morgan fingerprint density at radius 3 is 3.05 bits per heavy atom. The molecule has 3 unspecified atom stereocenters. The van der Waals surface area contributed by atoms with Crippen LogP contribution in [0, 0.1) is 11.8 Å². The number of aryl methyl sites for hydroxylation is 1. The van der Waals surface area contributed by atoms with Crippen LogP contribution in [0.3, 0.4) is 0 Å². The molecule has 0 aromatic carbocycles. The molecule has 2 fully saturated rings. The average Bonchev–Trinajstić information content (AvgIpc) is 3.16. The summed E-state index contributed by atoms with van der Waals surface area (Å²) < 4.78 is 1.85. The van der Waals surface area contributed by atoms with Crippen LogP contribution in [0.1, 0.15) is 44.1 Å². The zero-order valence-electron chi connectivity index (χ0n) is 13.8. The number of carbonyl (C=O) groups is 1. The lowest BCUT2D eigenvalue weighted by molar-refractivity contribution is -0.131. The second-order valence-corrected chi connectivity index (χ2v) is 7.06. The molecule has 0 aliphatic carbocycles. The van der Waals surface area contributed by atoms with Gasteiger partial charge in [0.2, 0.25) is 5.91 Å². The maximum atomic E-state index is 12.6. The Morgan fingerprint density at radius 1 is 1.50 bits per heavy atom. The maximum absolute atomic E-state index is 12.6. The minimum atomic E-state index is 0.337. The lowest BCUT2D eigenvalue weighted by Gasteiger charge is -2.29. The van der Waals surface area contributed by atoms with Crippen molar-refractivity contribution in [2.24, 2.45) is 18.9 Å². The zero-order valence-corrected chi connectivity index (χ0v) is 13.8. The summed E-state index contributed by atoms with van der Waals surface area (Å²) in [7, 11) is 1.95. The highest BCUT2D eigenvalue weighted by molar-refractivity contribution is 5.76. The Kier molecular flexibility index (Phi) is 4.81. The zero-order chi connectivity index (χ0) is 15.5. The van der Waals surface area contributed by atoms with E-state index in [0.717, 1.165) is 32.6 Å². The van der Waals surface area contributed by atoms with Crippen LogP contribution in [0.5, 0.6) is 0 Å².